The zero-order chi connectivity index (χ0) is 9.52. The van der Waals surface area contributed by atoms with Crippen LogP contribution < -0.4 is 10.1 Å². The van der Waals surface area contributed by atoms with E-state index in [1.807, 2.05) is 24.3 Å². The molecule has 0 spiro atoms. The van der Waals surface area contributed by atoms with Crippen molar-refractivity contribution in [2.24, 2.45) is 0 Å². The summed E-state index contributed by atoms with van der Waals surface area (Å²) in [6.07, 6.45) is 3.65. The lowest BCUT2D eigenvalue weighted by Crippen LogP contribution is -1.92. The molecule has 0 aliphatic rings. The first kappa shape index (κ1) is 9.32. The van der Waals surface area contributed by atoms with Gasteiger partial charge in [0.05, 0.1) is 12.8 Å². The summed E-state index contributed by atoms with van der Waals surface area (Å²) in [4.78, 5) is 9.99. The van der Waals surface area contributed by atoms with E-state index >= 15 is 0 Å². The number of hydrogen-bond acceptors (Lipinski definition) is 3. The highest BCUT2D eigenvalue weighted by molar-refractivity contribution is 5.67. The van der Waals surface area contributed by atoms with Crippen molar-refractivity contribution in [3.05, 3.63) is 36.5 Å². The molecule has 0 bridgehead atoms. The van der Waals surface area contributed by atoms with E-state index in [-0.39, 0.29) is 0 Å². The van der Waals surface area contributed by atoms with Gasteiger partial charge in [-0.15, -0.1) is 0 Å². The summed E-state index contributed by atoms with van der Waals surface area (Å²) in [5, 5.41) is 2.93. The van der Waals surface area contributed by atoms with Crippen LogP contribution in [0.5, 0.6) is 5.75 Å². The van der Waals surface area contributed by atoms with Crippen molar-refractivity contribution in [1.29, 1.82) is 0 Å². The number of allylic oxidation sites excluding steroid dienone is 1. The average Bonchev–Trinajstić information content (AvgIpc) is 2.19. The summed E-state index contributed by atoms with van der Waals surface area (Å²) < 4.78 is 5.09. The Morgan fingerprint density at radius 1 is 1.38 bits per heavy atom. The molecule has 0 saturated heterocycles. The lowest BCUT2D eigenvalue weighted by atomic mass is 10.3. The topological polar surface area (TPSA) is 38.3 Å². The molecule has 3 heteroatoms. The van der Waals surface area contributed by atoms with Crippen LogP contribution in [-0.4, -0.2) is 13.4 Å². The van der Waals surface area contributed by atoms with E-state index < -0.39 is 0 Å². The first-order valence-corrected chi connectivity index (χ1v) is 3.88. The Kier molecular flexibility index (Phi) is 3.57. The molecule has 13 heavy (non-hydrogen) atoms. The first-order valence-electron chi connectivity index (χ1n) is 3.88. The highest BCUT2D eigenvalue weighted by Crippen LogP contribution is 2.22. The Labute approximate surface area is 77.0 Å². The molecule has 0 unspecified atom stereocenters. The maximum Gasteiger partial charge on any atom is 0.144 e. The Balaban J connectivity index is 2.74. The van der Waals surface area contributed by atoms with Crippen LogP contribution in [0.3, 0.4) is 0 Å². The van der Waals surface area contributed by atoms with Crippen LogP contribution in [0.1, 0.15) is 0 Å². The molecular weight excluding hydrogens is 166 g/mol. The monoisotopic (exact) mass is 177 g/mol. The molecule has 0 aliphatic heterocycles. The van der Waals surface area contributed by atoms with E-state index in [0.717, 1.165) is 11.4 Å². The molecule has 1 N–H and O–H groups in total. The van der Waals surface area contributed by atoms with Gasteiger partial charge >= 0.3 is 0 Å². The maximum atomic E-state index is 9.99. The van der Waals surface area contributed by atoms with Crippen molar-refractivity contribution in [2.45, 2.75) is 0 Å². The number of methoxy groups -OCH3 is 1. The molecule has 1 aromatic rings. The van der Waals surface area contributed by atoms with E-state index in [9.17, 15) is 4.79 Å². The second-order valence-corrected chi connectivity index (χ2v) is 2.34. The van der Waals surface area contributed by atoms with Crippen molar-refractivity contribution < 1.29 is 9.53 Å². The highest BCUT2D eigenvalue weighted by atomic mass is 16.5. The number of aldehydes is 1. The predicted octanol–water partition coefficient (Wildman–Crippen LogP) is 1.82. The third-order valence-corrected chi connectivity index (χ3v) is 1.52. The molecule has 0 saturated carbocycles. The number of para-hydroxylation sites is 2. The summed E-state index contributed by atoms with van der Waals surface area (Å²) in [6, 6.07) is 7.48. The Morgan fingerprint density at radius 2 is 2.15 bits per heavy atom. The Hall–Kier alpha value is -1.77. The second kappa shape index (κ2) is 4.98. The van der Waals surface area contributed by atoms with Crippen LogP contribution in [0, 0.1) is 0 Å². The molecule has 0 radical (unpaired) electrons. The van der Waals surface area contributed by atoms with Gasteiger partial charge in [-0.05, 0) is 18.2 Å². The van der Waals surface area contributed by atoms with Crippen LogP contribution in [0.25, 0.3) is 0 Å². The lowest BCUT2D eigenvalue weighted by Gasteiger charge is -2.06. The van der Waals surface area contributed by atoms with Gasteiger partial charge in [0.15, 0.2) is 0 Å². The van der Waals surface area contributed by atoms with Crippen LogP contribution in [0.2, 0.25) is 0 Å². The highest BCUT2D eigenvalue weighted by Gasteiger charge is 1.96. The van der Waals surface area contributed by atoms with Crippen LogP contribution in [-0.2, 0) is 4.79 Å². The van der Waals surface area contributed by atoms with E-state index in [0.29, 0.717) is 6.29 Å². The molecule has 0 aliphatic carbocycles. The molecule has 0 fully saturated rings. The van der Waals surface area contributed by atoms with E-state index in [2.05, 4.69) is 5.32 Å². The third kappa shape index (κ3) is 2.63. The first-order chi connectivity index (χ1) is 6.38. The molecule has 0 amide bonds. The van der Waals surface area contributed by atoms with Crippen molar-refractivity contribution in [2.75, 3.05) is 12.4 Å². The van der Waals surface area contributed by atoms with E-state index in [1.165, 1.54) is 6.08 Å². The van der Waals surface area contributed by atoms with Gasteiger partial charge in [0.1, 0.15) is 12.0 Å². The van der Waals surface area contributed by atoms with E-state index in [1.54, 1.807) is 13.3 Å². The fraction of sp³-hybridized carbons (Fsp3) is 0.100. The molecule has 3 nitrogen and oxygen atoms in total. The van der Waals surface area contributed by atoms with Gasteiger partial charge in [-0.2, -0.15) is 0 Å². The molecule has 1 aromatic carbocycles. The predicted molar refractivity (Wildman–Crippen MR) is 51.8 cm³/mol. The zero-order valence-corrected chi connectivity index (χ0v) is 7.36. The largest absolute Gasteiger partial charge is 0.495 e. The summed E-state index contributed by atoms with van der Waals surface area (Å²) in [7, 11) is 1.60. The fourth-order valence-corrected chi connectivity index (χ4v) is 0.941. The van der Waals surface area contributed by atoms with Gasteiger partial charge in [0.25, 0.3) is 0 Å². The number of nitrogens with one attached hydrogen (secondary N) is 1. The number of hydrogen-bond donors (Lipinski definition) is 1. The minimum absolute atomic E-state index is 0.711. The summed E-state index contributed by atoms with van der Waals surface area (Å²) in [6.45, 7) is 0. The third-order valence-electron chi connectivity index (χ3n) is 1.52. The number of carbonyl (C=O) groups excluding carboxylic acids is 1. The van der Waals surface area contributed by atoms with Gasteiger partial charge in [-0.25, -0.2) is 0 Å². The Morgan fingerprint density at radius 3 is 2.85 bits per heavy atom. The van der Waals surface area contributed by atoms with Crippen LogP contribution in [0.4, 0.5) is 5.69 Å². The SMILES string of the molecule is COc1ccccc1N/C=C/C=O. The van der Waals surface area contributed by atoms with Gasteiger partial charge in [0.2, 0.25) is 0 Å². The van der Waals surface area contributed by atoms with Crippen molar-refractivity contribution >= 4 is 12.0 Å². The average molecular weight is 177 g/mol. The number of rotatable bonds is 4. The Bertz CT molecular complexity index is 308. The van der Waals surface area contributed by atoms with Crippen molar-refractivity contribution in [1.82, 2.24) is 0 Å². The van der Waals surface area contributed by atoms with Crippen LogP contribution in [0.15, 0.2) is 36.5 Å². The van der Waals surface area contributed by atoms with Crippen molar-refractivity contribution in [3.63, 3.8) is 0 Å². The summed E-state index contributed by atoms with van der Waals surface area (Å²) >= 11 is 0. The lowest BCUT2D eigenvalue weighted by molar-refractivity contribution is -0.104. The van der Waals surface area contributed by atoms with Gasteiger partial charge in [0, 0.05) is 6.20 Å². The van der Waals surface area contributed by atoms with Crippen molar-refractivity contribution in [3.8, 4) is 5.75 Å². The maximum absolute atomic E-state index is 9.99. The van der Waals surface area contributed by atoms with Gasteiger partial charge < -0.3 is 10.1 Å². The molecule has 0 aromatic heterocycles. The molecule has 1 rings (SSSR count). The van der Waals surface area contributed by atoms with Gasteiger partial charge in [-0.1, -0.05) is 12.1 Å². The smallest absolute Gasteiger partial charge is 0.144 e. The fourth-order valence-electron chi connectivity index (χ4n) is 0.941. The standard InChI is InChI=1S/C10H11NO2/c1-13-10-6-3-2-5-9(10)11-7-4-8-12/h2-8,11H,1H3/b7-4+. The van der Waals surface area contributed by atoms with E-state index in [4.69, 9.17) is 4.74 Å². The number of anilines is 1. The zero-order valence-electron chi connectivity index (χ0n) is 7.36. The normalized spacial score (nSPS) is 9.92. The molecule has 0 heterocycles. The minimum Gasteiger partial charge on any atom is -0.495 e. The second-order valence-electron chi connectivity index (χ2n) is 2.34. The number of ether oxygens (including phenoxy) is 1. The summed E-state index contributed by atoms with van der Waals surface area (Å²) in [5.41, 5.74) is 0.836. The number of benzene rings is 1. The molecule has 0 atom stereocenters. The van der Waals surface area contributed by atoms with Gasteiger partial charge in [-0.3, -0.25) is 4.79 Å². The minimum atomic E-state index is 0.711. The quantitative estimate of drug-likeness (QED) is 0.563. The summed E-state index contributed by atoms with van der Waals surface area (Å²) in [5.74, 6) is 0.748. The molecular formula is C10H11NO2. The van der Waals surface area contributed by atoms with Crippen LogP contribution >= 0.6 is 0 Å². The number of carbonyl (C=O) groups is 1. The molecule has 68 valence electrons.